The van der Waals surface area contributed by atoms with Crippen LogP contribution in [0.1, 0.15) is 77.1 Å². The van der Waals surface area contributed by atoms with E-state index in [0.29, 0.717) is 76.7 Å². The molecule has 4 amide bonds. The summed E-state index contributed by atoms with van der Waals surface area (Å²) < 4.78 is 11.1. The van der Waals surface area contributed by atoms with Gasteiger partial charge >= 0.3 is 12.2 Å². The van der Waals surface area contributed by atoms with Crippen molar-refractivity contribution in [1.29, 1.82) is 0 Å². The maximum absolute atomic E-state index is 13.7. The van der Waals surface area contributed by atoms with Crippen LogP contribution in [-0.4, -0.2) is 101 Å². The Hall–Kier alpha value is -6.26. The lowest BCUT2D eigenvalue weighted by molar-refractivity contribution is -0.136. The van der Waals surface area contributed by atoms with Gasteiger partial charge in [-0.25, -0.2) is 24.5 Å². The van der Waals surface area contributed by atoms with Crippen LogP contribution in [0.2, 0.25) is 0 Å². The van der Waals surface area contributed by atoms with Crippen molar-refractivity contribution in [3.05, 3.63) is 48.2 Å². The van der Waals surface area contributed by atoms with Crippen molar-refractivity contribution in [3.63, 3.8) is 0 Å². The lowest BCUT2D eigenvalue weighted by atomic mass is 10.0. The monoisotopic (exact) mass is 764 g/mol. The number of carbonyl (C=O) groups is 4. The molecule has 2 aromatic carbocycles. The zero-order valence-electron chi connectivity index (χ0n) is 31.8. The predicted molar refractivity (Wildman–Crippen MR) is 205 cm³/mol. The third kappa shape index (κ3) is 6.49. The fraction of sp³-hybridized carbons (Fsp3) is 0.436. The van der Waals surface area contributed by atoms with Gasteiger partial charge in [-0.3, -0.25) is 14.6 Å². The van der Waals surface area contributed by atoms with Gasteiger partial charge in [-0.2, -0.15) is 0 Å². The molecule has 0 saturated carbocycles. The molecule has 0 bridgehead atoms. The number of carbonyl (C=O) groups excluding carboxylic acids is 3. The minimum absolute atomic E-state index is 0.146. The van der Waals surface area contributed by atoms with Gasteiger partial charge in [-0.1, -0.05) is 33.8 Å². The summed E-state index contributed by atoms with van der Waals surface area (Å²) in [5.74, 6) is 0.819. The van der Waals surface area contributed by atoms with Gasteiger partial charge in [-0.15, -0.1) is 0 Å². The number of fused-ring (bicyclic) bond motifs is 6. The summed E-state index contributed by atoms with van der Waals surface area (Å²) in [7, 11) is 1.27. The molecular weight excluding hydrogens is 720 g/mol. The Balaban J connectivity index is 1.07. The molecule has 6 aromatic rings. The van der Waals surface area contributed by atoms with Gasteiger partial charge in [0.1, 0.15) is 40.3 Å². The summed E-state index contributed by atoms with van der Waals surface area (Å²) in [6, 6.07) is 7.35. The Morgan fingerprint density at radius 2 is 1.41 bits per heavy atom. The molecule has 6 heterocycles. The molecule has 2 aliphatic rings. The highest BCUT2D eigenvalue weighted by atomic mass is 16.5. The number of H-pyrrole nitrogens is 2. The largest absolute Gasteiger partial charge is 0.465 e. The van der Waals surface area contributed by atoms with E-state index in [4.69, 9.17) is 29.1 Å². The summed E-state index contributed by atoms with van der Waals surface area (Å²) in [4.78, 5) is 80.4. The third-order valence-electron chi connectivity index (χ3n) is 10.9. The van der Waals surface area contributed by atoms with Crippen LogP contribution in [0.3, 0.4) is 0 Å². The number of aromatic amines is 2. The Morgan fingerprint density at radius 1 is 0.821 bits per heavy atom. The number of amides is 4. The molecule has 17 nitrogen and oxygen atoms in total. The molecule has 4 atom stereocenters. The van der Waals surface area contributed by atoms with E-state index in [9.17, 15) is 24.3 Å². The maximum Gasteiger partial charge on any atom is 0.407 e. The van der Waals surface area contributed by atoms with E-state index < -0.39 is 24.3 Å². The lowest BCUT2D eigenvalue weighted by Crippen LogP contribution is -2.51. The summed E-state index contributed by atoms with van der Waals surface area (Å²) >= 11 is 0. The number of hydrogen-bond donors (Lipinski definition) is 5. The van der Waals surface area contributed by atoms with Crippen LogP contribution < -0.4 is 10.6 Å². The predicted octanol–water partition coefficient (Wildman–Crippen LogP) is 5.80. The lowest BCUT2D eigenvalue weighted by Gasteiger charge is -2.29. The van der Waals surface area contributed by atoms with E-state index >= 15 is 0 Å². The van der Waals surface area contributed by atoms with Crippen LogP contribution in [0.25, 0.3) is 55.5 Å². The smallest absolute Gasteiger partial charge is 0.407 e. The number of nitrogens with one attached hydrogen (secondary N) is 4. The molecule has 4 aromatic heterocycles. The second-order valence-electron chi connectivity index (χ2n) is 15.2. The van der Waals surface area contributed by atoms with Crippen molar-refractivity contribution in [2.24, 2.45) is 11.8 Å². The zero-order valence-corrected chi connectivity index (χ0v) is 31.8. The van der Waals surface area contributed by atoms with Gasteiger partial charge in [0.05, 0.1) is 41.3 Å². The SMILES string of the molecule is COC(=O)N[C@H](C(=O)N1CCC[C@H]1c1nc2c(ccc3nc(-c4cnc5c(ccc6[nH]c([C@@H]7CCCN7C(=O)[C@@H](NC(=O)O)C(C)C)nc65)c4)oc32)[nH]1)C(C)C. The highest BCUT2D eigenvalue weighted by molar-refractivity contribution is 6.03. The van der Waals surface area contributed by atoms with E-state index in [2.05, 4.69) is 20.6 Å². The van der Waals surface area contributed by atoms with Crippen LogP contribution >= 0.6 is 0 Å². The number of carboxylic acid groups (broad SMARTS) is 1. The number of imidazole rings is 2. The Morgan fingerprint density at radius 3 is 2.02 bits per heavy atom. The van der Waals surface area contributed by atoms with Gasteiger partial charge in [0.15, 0.2) is 5.58 Å². The molecule has 17 heteroatoms. The van der Waals surface area contributed by atoms with Crippen LogP contribution in [0.4, 0.5) is 9.59 Å². The van der Waals surface area contributed by atoms with E-state index in [-0.39, 0.29) is 35.7 Å². The first-order valence-corrected chi connectivity index (χ1v) is 18.9. The molecule has 56 heavy (non-hydrogen) atoms. The van der Waals surface area contributed by atoms with Crippen LogP contribution in [0.15, 0.2) is 40.9 Å². The molecule has 0 spiro atoms. The Kier molecular flexibility index (Phi) is 9.46. The minimum atomic E-state index is -1.23. The Labute approximate surface area is 320 Å². The van der Waals surface area contributed by atoms with E-state index in [1.54, 1.807) is 16.0 Å². The topological polar surface area (TPSA) is 225 Å². The number of oxazole rings is 1. The quantitative estimate of drug-likeness (QED) is 0.118. The standard InChI is InChI=1S/C39H44N10O7/c1-18(2)27(46-38(52)53)36(50)48-14-6-8-25(48)33-41-22-11-10-20-16-21(17-40-29(20)30(22)44-33)35-43-24-13-12-23-31(32(24)56-35)45-34(42-23)26-9-7-15-49(26)37(51)28(19(3)4)47-39(54)55-5/h10-13,16-19,25-28,46H,6-9,14-15H2,1-5H3,(H,41,44)(H,42,45)(H,47,54)(H,52,53)/t25-,26-,27-,28-/m0/s1. The third-order valence-corrected chi connectivity index (χ3v) is 10.9. The molecular formula is C39H44N10O7. The van der Waals surface area contributed by atoms with Gasteiger partial charge in [-0.05, 0) is 61.8 Å². The summed E-state index contributed by atoms with van der Waals surface area (Å²) in [5, 5.41) is 15.2. The van der Waals surface area contributed by atoms with Crippen molar-refractivity contribution in [2.75, 3.05) is 20.2 Å². The number of hydrogen-bond acceptors (Lipinski definition) is 10. The van der Waals surface area contributed by atoms with E-state index in [1.165, 1.54) is 7.11 Å². The molecule has 8 rings (SSSR count). The van der Waals surface area contributed by atoms with Crippen molar-refractivity contribution in [2.45, 2.75) is 77.5 Å². The van der Waals surface area contributed by atoms with Gasteiger partial charge in [0.2, 0.25) is 17.7 Å². The number of methoxy groups -OCH3 is 1. The molecule has 292 valence electrons. The van der Waals surface area contributed by atoms with Gasteiger partial charge < -0.3 is 44.7 Å². The van der Waals surface area contributed by atoms with E-state index in [0.717, 1.165) is 29.3 Å². The van der Waals surface area contributed by atoms with Crippen molar-refractivity contribution < 1.29 is 33.4 Å². The fourth-order valence-corrected chi connectivity index (χ4v) is 8.05. The van der Waals surface area contributed by atoms with Gasteiger partial charge in [0, 0.05) is 24.7 Å². The average molecular weight is 765 g/mol. The molecule has 0 radical (unpaired) electrons. The number of ether oxygens (including phenoxy) is 1. The molecule has 2 fully saturated rings. The van der Waals surface area contributed by atoms with Crippen molar-refractivity contribution >= 4 is 68.1 Å². The maximum atomic E-state index is 13.7. The number of benzene rings is 2. The molecule has 0 unspecified atom stereocenters. The highest BCUT2D eigenvalue weighted by Crippen LogP contribution is 2.37. The summed E-state index contributed by atoms with van der Waals surface area (Å²) in [5.41, 5.74) is 5.24. The first kappa shape index (κ1) is 36.7. The number of likely N-dealkylation sites (tertiary alicyclic amines) is 2. The first-order chi connectivity index (χ1) is 26.9. The molecule has 2 aliphatic heterocycles. The first-order valence-electron chi connectivity index (χ1n) is 18.9. The summed E-state index contributed by atoms with van der Waals surface area (Å²) in [6.07, 6.45) is 2.79. The second kappa shape index (κ2) is 14.4. The van der Waals surface area contributed by atoms with Crippen molar-refractivity contribution in [1.82, 2.24) is 50.3 Å². The number of pyridine rings is 1. The van der Waals surface area contributed by atoms with Crippen LogP contribution in [-0.2, 0) is 14.3 Å². The van der Waals surface area contributed by atoms with Gasteiger partial charge in [0.25, 0.3) is 0 Å². The normalized spacial score (nSPS) is 18.5. The molecule has 0 aliphatic carbocycles. The number of rotatable bonds is 9. The second-order valence-corrected chi connectivity index (χ2v) is 15.2. The number of nitrogens with zero attached hydrogens (tertiary/aromatic N) is 6. The van der Waals surface area contributed by atoms with Crippen molar-refractivity contribution in [3.8, 4) is 11.5 Å². The van der Waals surface area contributed by atoms with Crippen LogP contribution in [0, 0.1) is 11.8 Å². The number of aromatic nitrogens is 6. The average Bonchev–Trinajstić information content (AvgIpc) is 4.02. The Bertz CT molecular complexity index is 2500. The molecule has 5 N–H and O–H groups in total. The number of alkyl carbamates (subject to hydrolysis) is 1. The molecule has 2 saturated heterocycles. The van der Waals surface area contributed by atoms with E-state index in [1.807, 2.05) is 58.0 Å². The minimum Gasteiger partial charge on any atom is -0.465 e. The summed E-state index contributed by atoms with van der Waals surface area (Å²) in [6.45, 7) is 8.45. The van der Waals surface area contributed by atoms with Crippen LogP contribution in [0.5, 0.6) is 0 Å². The fourth-order valence-electron chi connectivity index (χ4n) is 8.05. The zero-order chi connectivity index (χ0) is 39.4. The highest BCUT2D eigenvalue weighted by Gasteiger charge is 2.39.